The van der Waals surface area contributed by atoms with Crippen molar-refractivity contribution in [2.45, 2.75) is 6.92 Å². The number of fused-ring (bicyclic) bond motifs is 1. The van der Waals surface area contributed by atoms with Crippen molar-refractivity contribution < 1.29 is 9.53 Å². The van der Waals surface area contributed by atoms with E-state index in [9.17, 15) is 4.79 Å². The standard InChI is InChI=1S/C17H13Cl2NO2/c1-9-5-11(19)7-12-14(8-21)17(20-16(9)12)13-6-10(18)3-4-15(13)22-2/h3-8,20H,1-2H3. The number of ether oxygens (including phenoxy) is 1. The van der Waals surface area contributed by atoms with Gasteiger partial charge in [0.2, 0.25) is 0 Å². The molecule has 3 aromatic rings. The number of nitrogens with one attached hydrogen (secondary N) is 1. The van der Waals surface area contributed by atoms with Crippen molar-refractivity contribution >= 4 is 40.4 Å². The van der Waals surface area contributed by atoms with Crippen molar-refractivity contribution in [1.82, 2.24) is 4.98 Å². The topological polar surface area (TPSA) is 42.1 Å². The first-order chi connectivity index (χ1) is 10.5. The SMILES string of the molecule is COc1ccc(Cl)cc1-c1[nH]c2c(C)cc(Cl)cc2c1C=O. The van der Waals surface area contributed by atoms with Gasteiger partial charge in [-0.25, -0.2) is 0 Å². The Morgan fingerprint density at radius 2 is 1.91 bits per heavy atom. The Labute approximate surface area is 137 Å². The van der Waals surface area contributed by atoms with Crippen LogP contribution in [0, 0.1) is 6.92 Å². The lowest BCUT2D eigenvalue weighted by Crippen LogP contribution is -1.91. The Morgan fingerprint density at radius 3 is 2.59 bits per heavy atom. The van der Waals surface area contributed by atoms with Gasteiger partial charge in [0, 0.05) is 32.1 Å². The molecule has 112 valence electrons. The third-order valence-electron chi connectivity index (χ3n) is 3.66. The average Bonchev–Trinajstić information content (AvgIpc) is 2.85. The molecule has 0 saturated carbocycles. The molecule has 22 heavy (non-hydrogen) atoms. The number of methoxy groups -OCH3 is 1. The Morgan fingerprint density at radius 1 is 1.14 bits per heavy atom. The van der Waals surface area contributed by atoms with E-state index in [-0.39, 0.29) is 0 Å². The molecule has 1 aromatic heterocycles. The van der Waals surface area contributed by atoms with Gasteiger partial charge in [-0.1, -0.05) is 23.2 Å². The fourth-order valence-corrected chi connectivity index (χ4v) is 3.10. The molecule has 1 N–H and O–H groups in total. The van der Waals surface area contributed by atoms with Crippen molar-refractivity contribution in [3.8, 4) is 17.0 Å². The summed E-state index contributed by atoms with van der Waals surface area (Å²) in [6.45, 7) is 1.94. The van der Waals surface area contributed by atoms with Gasteiger partial charge in [0.15, 0.2) is 6.29 Å². The predicted molar refractivity (Wildman–Crippen MR) is 90.4 cm³/mol. The number of hydrogen-bond acceptors (Lipinski definition) is 2. The number of rotatable bonds is 3. The maximum atomic E-state index is 11.6. The molecule has 2 aromatic carbocycles. The molecule has 0 saturated heterocycles. The number of aromatic nitrogens is 1. The molecule has 0 aliphatic rings. The second kappa shape index (κ2) is 5.67. The Bertz CT molecular complexity index is 884. The lowest BCUT2D eigenvalue weighted by atomic mass is 10.0. The molecular formula is C17H13Cl2NO2. The highest BCUT2D eigenvalue weighted by molar-refractivity contribution is 6.32. The van der Waals surface area contributed by atoms with Crippen LogP contribution in [0.5, 0.6) is 5.75 Å². The minimum Gasteiger partial charge on any atom is -0.496 e. The molecular weight excluding hydrogens is 321 g/mol. The van der Waals surface area contributed by atoms with Gasteiger partial charge in [-0.3, -0.25) is 4.79 Å². The summed E-state index contributed by atoms with van der Waals surface area (Å²) in [5.41, 5.74) is 3.81. The van der Waals surface area contributed by atoms with Crippen LogP contribution >= 0.6 is 23.2 Å². The number of aldehydes is 1. The van der Waals surface area contributed by atoms with Crippen molar-refractivity contribution in [2.24, 2.45) is 0 Å². The van der Waals surface area contributed by atoms with Gasteiger partial charge in [-0.15, -0.1) is 0 Å². The summed E-state index contributed by atoms with van der Waals surface area (Å²) in [7, 11) is 1.58. The molecule has 3 nitrogen and oxygen atoms in total. The van der Waals surface area contributed by atoms with E-state index < -0.39 is 0 Å². The van der Waals surface area contributed by atoms with Gasteiger partial charge in [-0.2, -0.15) is 0 Å². The van der Waals surface area contributed by atoms with Crippen LogP contribution in [-0.2, 0) is 0 Å². The van der Waals surface area contributed by atoms with Crippen molar-refractivity contribution in [1.29, 1.82) is 0 Å². The Hall–Kier alpha value is -1.97. The van der Waals surface area contributed by atoms with E-state index in [1.807, 2.05) is 13.0 Å². The number of aromatic amines is 1. The summed E-state index contributed by atoms with van der Waals surface area (Å²) in [5, 5.41) is 1.95. The normalized spacial score (nSPS) is 10.9. The molecule has 0 fully saturated rings. The molecule has 0 spiro atoms. The number of carbonyl (C=O) groups excluding carboxylic acids is 1. The summed E-state index contributed by atoms with van der Waals surface area (Å²) in [5.74, 6) is 0.641. The van der Waals surface area contributed by atoms with Gasteiger partial charge < -0.3 is 9.72 Å². The number of halogens is 2. The highest BCUT2D eigenvalue weighted by atomic mass is 35.5. The van der Waals surface area contributed by atoms with Gasteiger partial charge >= 0.3 is 0 Å². The maximum absolute atomic E-state index is 11.6. The molecule has 1 heterocycles. The van der Waals surface area contributed by atoms with Crippen LogP contribution in [-0.4, -0.2) is 18.4 Å². The van der Waals surface area contributed by atoms with Crippen molar-refractivity contribution in [2.75, 3.05) is 7.11 Å². The summed E-state index contributed by atoms with van der Waals surface area (Å²) < 4.78 is 5.38. The van der Waals surface area contributed by atoms with E-state index in [4.69, 9.17) is 27.9 Å². The Kier molecular flexibility index (Phi) is 3.85. The molecule has 0 aliphatic carbocycles. The highest BCUT2D eigenvalue weighted by Crippen LogP contribution is 2.38. The average molecular weight is 334 g/mol. The number of hydrogen-bond donors (Lipinski definition) is 1. The van der Waals surface area contributed by atoms with Gasteiger partial charge in [-0.05, 0) is 42.8 Å². The smallest absolute Gasteiger partial charge is 0.152 e. The minimum absolute atomic E-state index is 0.543. The fourth-order valence-electron chi connectivity index (χ4n) is 2.66. The first kappa shape index (κ1) is 14.9. The van der Waals surface area contributed by atoms with Crippen LogP contribution in [0.4, 0.5) is 0 Å². The van der Waals surface area contributed by atoms with Crippen LogP contribution in [0.3, 0.4) is 0 Å². The summed E-state index contributed by atoms with van der Waals surface area (Å²) >= 11 is 12.2. The molecule has 5 heteroatoms. The van der Waals surface area contributed by atoms with Crippen LogP contribution in [0.15, 0.2) is 30.3 Å². The fraction of sp³-hybridized carbons (Fsp3) is 0.118. The lowest BCUT2D eigenvalue weighted by Gasteiger charge is -2.08. The Balaban J connectivity index is 2.39. The van der Waals surface area contributed by atoms with Crippen LogP contribution < -0.4 is 4.74 Å². The van der Waals surface area contributed by atoms with E-state index >= 15 is 0 Å². The van der Waals surface area contributed by atoms with Crippen molar-refractivity contribution in [3.05, 3.63) is 51.5 Å². The third-order valence-corrected chi connectivity index (χ3v) is 4.11. The highest BCUT2D eigenvalue weighted by Gasteiger charge is 2.18. The van der Waals surface area contributed by atoms with Gasteiger partial charge in [0.1, 0.15) is 5.75 Å². The van der Waals surface area contributed by atoms with E-state index in [0.717, 1.165) is 28.3 Å². The van der Waals surface area contributed by atoms with E-state index in [0.29, 0.717) is 27.1 Å². The van der Waals surface area contributed by atoms with Crippen LogP contribution in [0.25, 0.3) is 22.2 Å². The molecule has 0 atom stereocenters. The molecule has 0 amide bonds. The number of H-pyrrole nitrogens is 1. The van der Waals surface area contributed by atoms with E-state index in [1.165, 1.54) is 0 Å². The van der Waals surface area contributed by atoms with E-state index in [1.54, 1.807) is 31.4 Å². The molecule has 0 radical (unpaired) electrons. The molecule has 0 unspecified atom stereocenters. The zero-order valence-corrected chi connectivity index (χ0v) is 13.5. The largest absolute Gasteiger partial charge is 0.496 e. The minimum atomic E-state index is 0.543. The lowest BCUT2D eigenvalue weighted by molar-refractivity contribution is 0.112. The molecule has 3 rings (SSSR count). The molecule has 0 aliphatic heterocycles. The van der Waals surface area contributed by atoms with Crippen LogP contribution in [0.2, 0.25) is 10.0 Å². The monoisotopic (exact) mass is 333 g/mol. The zero-order valence-electron chi connectivity index (χ0n) is 12.0. The first-order valence-electron chi connectivity index (χ1n) is 6.66. The van der Waals surface area contributed by atoms with Crippen molar-refractivity contribution in [3.63, 3.8) is 0 Å². The second-order valence-corrected chi connectivity index (χ2v) is 5.89. The number of benzene rings is 2. The van der Waals surface area contributed by atoms with Crippen LogP contribution in [0.1, 0.15) is 15.9 Å². The quantitative estimate of drug-likeness (QED) is 0.663. The summed E-state index contributed by atoms with van der Waals surface area (Å²) in [6, 6.07) is 8.93. The maximum Gasteiger partial charge on any atom is 0.152 e. The van der Waals surface area contributed by atoms with Gasteiger partial charge in [0.05, 0.1) is 12.8 Å². The third kappa shape index (κ3) is 2.36. The van der Waals surface area contributed by atoms with E-state index in [2.05, 4.69) is 4.98 Å². The van der Waals surface area contributed by atoms with Gasteiger partial charge in [0.25, 0.3) is 0 Å². The second-order valence-electron chi connectivity index (χ2n) is 5.02. The predicted octanol–water partition coefficient (Wildman–Crippen LogP) is 5.27. The molecule has 0 bridgehead atoms. The summed E-state index contributed by atoms with van der Waals surface area (Å²) in [6.07, 6.45) is 0.824. The number of aryl methyl sites for hydroxylation is 1. The first-order valence-corrected chi connectivity index (χ1v) is 7.41. The number of carbonyl (C=O) groups is 1. The summed E-state index contributed by atoms with van der Waals surface area (Å²) in [4.78, 5) is 14.9. The zero-order chi connectivity index (χ0) is 15.9.